The Bertz CT molecular complexity index is 975. The highest BCUT2D eigenvalue weighted by Gasteiger charge is 2.28. The third-order valence-electron chi connectivity index (χ3n) is 5.87. The fourth-order valence-electron chi connectivity index (χ4n) is 4.00. The molecule has 2 aromatic heterocycles. The number of amides is 1. The van der Waals surface area contributed by atoms with Gasteiger partial charge in [0.25, 0.3) is 10.2 Å². The number of fused-ring (bicyclic) bond motifs is 1. The molecule has 1 saturated heterocycles. The van der Waals surface area contributed by atoms with Crippen molar-refractivity contribution in [3.05, 3.63) is 18.6 Å². The third kappa shape index (κ3) is 4.90. The lowest BCUT2D eigenvalue weighted by Crippen LogP contribution is -2.44. The predicted octanol–water partition coefficient (Wildman–Crippen LogP) is 0.419. The number of aromatic nitrogens is 3. The van der Waals surface area contributed by atoms with Gasteiger partial charge in [-0.2, -0.15) is 12.7 Å². The highest BCUT2D eigenvalue weighted by Crippen LogP contribution is 2.32. The average molecular weight is 436 g/mol. The SMILES string of the molecule is CN(CC1CCN(C=O)C1)S(=O)(=O)NCCN(CC1CC1)c1ncnc2[nH]ccc12. The minimum atomic E-state index is -3.58. The van der Waals surface area contributed by atoms with Crippen LogP contribution in [0.25, 0.3) is 11.0 Å². The standard InChI is InChI=1S/C19H29N7O3S/c1-24(10-16-5-8-25(11-16)14-27)30(28,29)23-7-9-26(12-15-2-3-15)19-17-4-6-20-18(17)21-13-22-19/h4,6,13-16,23H,2-3,5,7-12H2,1H3,(H,20,21,22). The third-order valence-corrected chi connectivity index (χ3v) is 7.40. The van der Waals surface area contributed by atoms with Crippen molar-refractivity contribution in [1.29, 1.82) is 0 Å². The second-order valence-corrected chi connectivity index (χ2v) is 10.1. The van der Waals surface area contributed by atoms with Crippen molar-refractivity contribution in [2.75, 3.05) is 51.2 Å². The molecular formula is C19H29N7O3S. The lowest BCUT2D eigenvalue weighted by Gasteiger charge is -2.26. The van der Waals surface area contributed by atoms with E-state index in [4.69, 9.17) is 0 Å². The van der Waals surface area contributed by atoms with Crippen LogP contribution < -0.4 is 9.62 Å². The maximum atomic E-state index is 12.7. The Balaban J connectivity index is 1.35. The van der Waals surface area contributed by atoms with E-state index in [9.17, 15) is 13.2 Å². The number of nitrogens with zero attached hydrogens (tertiary/aromatic N) is 5. The normalized spacial score (nSPS) is 19.7. The fraction of sp³-hybridized carbons (Fsp3) is 0.632. The second-order valence-electron chi connectivity index (χ2n) is 8.26. The summed E-state index contributed by atoms with van der Waals surface area (Å²) in [6.07, 6.45) is 7.43. The van der Waals surface area contributed by atoms with Gasteiger partial charge < -0.3 is 14.8 Å². The number of hydrogen-bond donors (Lipinski definition) is 2. The molecule has 2 aromatic rings. The van der Waals surface area contributed by atoms with Gasteiger partial charge in [-0.25, -0.2) is 14.7 Å². The molecule has 11 heteroatoms. The highest BCUT2D eigenvalue weighted by molar-refractivity contribution is 7.87. The minimum Gasteiger partial charge on any atom is -0.354 e. The molecule has 2 aliphatic rings. The van der Waals surface area contributed by atoms with E-state index in [1.54, 1.807) is 11.9 Å². The lowest BCUT2D eigenvalue weighted by molar-refractivity contribution is -0.117. The molecule has 2 N–H and O–H groups in total. The number of hydrogen-bond acceptors (Lipinski definition) is 6. The van der Waals surface area contributed by atoms with Crippen LogP contribution in [-0.4, -0.2) is 85.3 Å². The summed E-state index contributed by atoms with van der Waals surface area (Å²) in [5.74, 6) is 1.64. The number of anilines is 1. The van der Waals surface area contributed by atoms with Crippen LogP contribution in [0, 0.1) is 11.8 Å². The Morgan fingerprint density at radius 3 is 2.83 bits per heavy atom. The molecule has 2 fully saturated rings. The quantitative estimate of drug-likeness (QED) is 0.495. The van der Waals surface area contributed by atoms with Crippen molar-refractivity contribution in [3.8, 4) is 0 Å². The summed E-state index contributed by atoms with van der Waals surface area (Å²) in [5, 5.41) is 0.944. The van der Waals surface area contributed by atoms with E-state index in [1.165, 1.54) is 23.5 Å². The Labute approximate surface area is 176 Å². The molecule has 1 atom stereocenters. The Morgan fingerprint density at radius 2 is 2.10 bits per heavy atom. The van der Waals surface area contributed by atoms with Crippen LogP contribution in [0.15, 0.2) is 18.6 Å². The van der Waals surface area contributed by atoms with E-state index in [2.05, 4.69) is 24.6 Å². The number of H-pyrrole nitrogens is 1. The second kappa shape index (κ2) is 8.86. The van der Waals surface area contributed by atoms with Gasteiger partial charge in [0.05, 0.1) is 5.39 Å². The summed E-state index contributed by atoms with van der Waals surface area (Å²) in [7, 11) is -2.00. The minimum absolute atomic E-state index is 0.172. The molecule has 1 aliphatic carbocycles. The molecule has 3 heterocycles. The average Bonchev–Trinajstić information content (AvgIpc) is 3.22. The molecule has 10 nitrogen and oxygen atoms in total. The van der Waals surface area contributed by atoms with Gasteiger partial charge in [-0.1, -0.05) is 0 Å². The van der Waals surface area contributed by atoms with Crippen LogP contribution in [0.2, 0.25) is 0 Å². The van der Waals surface area contributed by atoms with Gasteiger partial charge in [-0.15, -0.1) is 0 Å². The highest BCUT2D eigenvalue weighted by atomic mass is 32.2. The van der Waals surface area contributed by atoms with E-state index in [0.29, 0.717) is 38.6 Å². The van der Waals surface area contributed by atoms with E-state index in [1.807, 2.05) is 12.3 Å². The molecule has 1 aliphatic heterocycles. The smallest absolute Gasteiger partial charge is 0.279 e. The van der Waals surface area contributed by atoms with E-state index < -0.39 is 10.2 Å². The van der Waals surface area contributed by atoms with Crippen LogP contribution in [-0.2, 0) is 15.0 Å². The molecule has 0 aromatic carbocycles. The van der Waals surface area contributed by atoms with Gasteiger partial charge >= 0.3 is 0 Å². The first-order valence-electron chi connectivity index (χ1n) is 10.4. The number of rotatable bonds is 11. The van der Waals surface area contributed by atoms with Gasteiger partial charge in [0.1, 0.15) is 17.8 Å². The summed E-state index contributed by atoms with van der Waals surface area (Å²) in [4.78, 5) is 26.5. The fourth-order valence-corrected chi connectivity index (χ4v) is 4.97. The molecule has 0 spiro atoms. The Kier molecular flexibility index (Phi) is 6.21. The molecule has 1 amide bonds. The number of aromatic amines is 1. The lowest BCUT2D eigenvalue weighted by atomic mass is 10.1. The molecule has 1 unspecified atom stereocenters. The first-order valence-corrected chi connectivity index (χ1v) is 11.8. The number of likely N-dealkylation sites (tertiary alicyclic amines) is 1. The van der Waals surface area contributed by atoms with Gasteiger partial charge in [-0.3, -0.25) is 4.79 Å². The number of carbonyl (C=O) groups excluding carboxylic acids is 1. The topological polar surface area (TPSA) is 115 Å². The van der Waals surface area contributed by atoms with Gasteiger partial charge in [0.15, 0.2) is 0 Å². The summed E-state index contributed by atoms with van der Waals surface area (Å²) in [5.41, 5.74) is 0.780. The van der Waals surface area contributed by atoms with Crippen LogP contribution in [0.3, 0.4) is 0 Å². The van der Waals surface area contributed by atoms with E-state index in [0.717, 1.165) is 36.2 Å². The summed E-state index contributed by atoms with van der Waals surface area (Å²) >= 11 is 0. The molecule has 0 bridgehead atoms. The van der Waals surface area contributed by atoms with E-state index >= 15 is 0 Å². The van der Waals surface area contributed by atoms with Crippen LogP contribution in [0.5, 0.6) is 0 Å². The van der Waals surface area contributed by atoms with Crippen molar-refractivity contribution in [1.82, 2.24) is 28.9 Å². The van der Waals surface area contributed by atoms with E-state index in [-0.39, 0.29) is 5.92 Å². The van der Waals surface area contributed by atoms with Gasteiger partial charge in [-0.05, 0) is 37.2 Å². The van der Waals surface area contributed by atoms with Gasteiger partial charge in [0, 0.05) is 52.5 Å². The first-order chi connectivity index (χ1) is 14.5. The Morgan fingerprint density at radius 1 is 1.27 bits per heavy atom. The molecule has 0 radical (unpaired) electrons. The molecule has 1 saturated carbocycles. The molecule has 30 heavy (non-hydrogen) atoms. The van der Waals surface area contributed by atoms with Crippen LogP contribution in [0.1, 0.15) is 19.3 Å². The van der Waals surface area contributed by atoms with Crippen molar-refractivity contribution in [2.24, 2.45) is 11.8 Å². The summed E-state index contributed by atoms with van der Waals surface area (Å²) in [6.45, 7) is 3.39. The number of carbonyl (C=O) groups is 1. The van der Waals surface area contributed by atoms with Crippen molar-refractivity contribution in [2.45, 2.75) is 19.3 Å². The zero-order chi connectivity index (χ0) is 21.1. The largest absolute Gasteiger partial charge is 0.354 e. The maximum absolute atomic E-state index is 12.7. The van der Waals surface area contributed by atoms with Crippen molar-refractivity contribution >= 4 is 33.5 Å². The first kappa shape index (κ1) is 21.0. The molecule has 4 rings (SSSR count). The van der Waals surface area contributed by atoms with Crippen molar-refractivity contribution in [3.63, 3.8) is 0 Å². The van der Waals surface area contributed by atoms with Crippen molar-refractivity contribution < 1.29 is 13.2 Å². The van der Waals surface area contributed by atoms with Crippen LogP contribution >= 0.6 is 0 Å². The summed E-state index contributed by atoms with van der Waals surface area (Å²) < 4.78 is 29.4. The van der Waals surface area contributed by atoms with Gasteiger partial charge in [0.2, 0.25) is 6.41 Å². The molecule has 164 valence electrons. The predicted molar refractivity (Wildman–Crippen MR) is 114 cm³/mol. The molecular weight excluding hydrogens is 406 g/mol. The zero-order valence-corrected chi connectivity index (χ0v) is 18.0. The van der Waals surface area contributed by atoms with Crippen LogP contribution in [0.4, 0.5) is 5.82 Å². The zero-order valence-electron chi connectivity index (χ0n) is 17.2. The Hall–Kier alpha value is -2.24. The maximum Gasteiger partial charge on any atom is 0.279 e. The number of nitrogens with one attached hydrogen (secondary N) is 2. The monoisotopic (exact) mass is 435 g/mol. The summed E-state index contributed by atoms with van der Waals surface area (Å²) in [6, 6.07) is 1.95.